The topological polar surface area (TPSA) is 131 Å². The maximum atomic E-state index is 15.0. The van der Waals surface area contributed by atoms with Crippen molar-refractivity contribution in [3.8, 4) is 5.75 Å². The third-order valence-corrected chi connectivity index (χ3v) is 30.3. The zero-order valence-electron chi connectivity index (χ0n) is 85.6. The van der Waals surface area contributed by atoms with Crippen LogP contribution in [0.4, 0.5) is 74.4 Å². The van der Waals surface area contributed by atoms with Gasteiger partial charge in [-0.05, 0) is 371 Å². The molecule has 0 spiro atoms. The van der Waals surface area contributed by atoms with Gasteiger partial charge in [0.15, 0.2) is 11.6 Å². The number of fused-ring (bicyclic) bond motifs is 5. The lowest BCUT2D eigenvalue weighted by Crippen LogP contribution is -2.37. The van der Waals surface area contributed by atoms with E-state index < -0.39 is 50.0 Å². The Balaban J connectivity index is 0.000000131. The van der Waals surface area contributed by atoms with E-state index in [1.807, 2.05) is 250 Å². The number of aliphatic hydroxyl groups is 1. The van der Waals surface area contributed by atoms with Gasteiger partial charge in [-0.25, -0.2) is 17.6 Å². The van der Waals surface area contributed by atoms with Gasteiger partial charge in [-0.2, -0.15) is 0 Å². The van der Waals surface area contributed by atoms with Crippen LogP contribution in [-0.2, 0) is 73.1 Å². The fraction of sp³-hybridized carbons (Fsp3) is 0.240. The number of amides is 5. The predicted molar refractivity (Wildman–Crippen MR) is 587 cm³/mol. The summed E-state index contributed by atoms with van der Waals surface area (Å²) >= 11 is 31.5. The van der Waals surface area contributed by atoms with Crippen molar-refractivity contribution >= 4 is 144 Å². The molecular formula is C125H116Cl5F4N5O7. The Morgan fingerprint density at radius 1 is 0.281 bits per heavy atom. The molecule has 20 rings (SSSR count). The average Bonchev–Trinajstić information content (AvgIpc) is 1.58. The van der Waals surface area contributed by atoms with Crippen LogP contribution < -0.4 is 29.2 Å². The first-order valence-corrected chi connectivity index (χ1v) is 50.2. The number of carbonyl (C=O) groups excluding carboxylic acids is 5. The quantitative estimate of drug-likeness (QED) is 0.114. The van der Waals surface area contributed by atoms with E-state index in [9.17, 15) is 42.3 Å². The molecule has 0 saturated carbocycles. The highest BCUT2D eigenvalue weighted by Gasteiger charge is 2.56. The van der Waals surface area contributed by atoms with Crippen LogP contribution in [0.1, 0.15) is 210 Å². The lowest BCUT2D eigenvalue weighted by Gasteiger charge is -2.27. The number of hydrogen-bond acceptors (Lipinski definition) is 7. The first-order chi connectivity index (χ1) is 68.7. The molecule has 146 heavy (non-hydrogen) atoms. The summed E-state index contributed by atoms with van der Waals surface area (Å²) in [6, 6.07) is 96.6. The number of rotatable bonds is 13. The molecule has 15 aromatic carbocycles. The van der Waals surface area contributed by atoms with Gasteiger partial charge in [0.1, 0.15) is 17.3 Å². The molecule has 5 aliphatic heterocycles. The highest BCUT2D eigenvalue weighted by atomic mass is 35.5. The summed E-state index contributed by atoms with van der Waals surface area (Å²) in [5.41, 5.74) is 15.8. The minimum atomic E-state index is -1.44. The Hall–Kier alpha value is -13.4. The van der Waals surface area contributed by atoms with Gasteiger partial charge in [0.25, 0.3) is 0 Å². The van der Waals surface area contributed by atoms with E-state index in [1.54, 1.807) is 126 Å². The van der Waals surface area contributed by atoms with E-state index in [2.05, 4.69) is 65.8 Å². The van der Waals surface area contributed by atoms with Crippen LogP contribution in [0.3, 0.4) is 0 Å². The third kappa shape index (κ3) is 19.2. The lowest BCUT2D eigenvalue weighted by molar-refractivity contribution is -0.121. The molecule has 5 unspecified atom stereocenters. The lowest BCUT2D eigenvalue weighted by atomic mass is 9.76. The molecule has 5 atom stereocenters. The van der Waals surface area contributed by atoms with Gasteiger partial charge in [0, 0.05) is 42.2 Å². The number of ether oxygens (including phenoxy) is 1. The second kappa shape index (κ2) is 39.7. The molecule has 1 N–H and O–H groups in total. The molecule has 21 heteroatoms. The van der Waals surface area contributed by atoms with Crippen LogP contribution in [-0.4, -0.2) is 41.8 Å². The van der Waals surface area contributed by atoms with Crippen LogP contribution in [0.2, 0.25) is 25.1 Å². The SMILES string of the molecule is COc1ccc(C2(C)C(=O)N(c3cccc(C)c3)c3ccc(Cl)cc32)cc1F.Cc1ccc(N2C(=O)C(C)(c3ccc(C(C)(C)C)cc3)c3cc(Cl)ccc32)c(F)c1.Cc1cccc(N2C(=O)C(C)(c3ccc(C(C)(C)C)cc3)c3cc(Cl)ccc32)c1F.Cc1cccc(N2C(=O)C(C)(c3ccc(C(C)(C)F)cc3)c3cc(Cl)ccc32)c1.Cc1cccc(N2C(=O)C(C)(c3ccc(C(C)(C)O)cc3)c3cc(Cl)ccc32)c1. The summed E-state index contributed by atoms with van der Waals surface area (Å²) in [5.74, 6) is -1.77. The van der Waals surface area contributed by atoms with Crippen molar-refractivity contribution in [3.63, 3.8) is 0 Å². The van der Waals surface area contributed by atoms with E-state index in [0.717, 1.165) is 112 Å². The van der Waals surface area contributed by atoms with E-state index in [-0.39, 0.29) is 63.3 Å². The molecule has 5 amide bonds. The van der Waals surface area contributed by atoms with E-state index >= 15 is 4.39 Å². The molecule has 0 bridgehead atoms. The number of carbonyl (C=O) groups is 5. The minimum Gasteiger partial charge on any atom is -0.494 e. The summed E-state index contributed by atoms with van der Waals surface area (Å²) in [6.45, 7) is 38.4. The van der Waals surface area contributed by atoms with Crippen LogP contribution in [0, 0.1) is 52.1 Å². The fourth-order valence-corrected chi connectivity index (χ4v) is 21.2. The third-order valence-electron chi connectivity index (χ3n) is 29.1. The number of anilines is 10. The van der Waals surface area contributed by atoms with E-state index in [1.165, 1.54) is 54.0 Å². The van der Waals surface area contributed by atoms with E-state index in [4.69, 9.17) is 62.7 Å². The number of aryl methyl sites for hydroxylation is 5. The molecule has 0 fully saturated rings. The molecule has 15 aromatic rings. The predicted octanol–water partition coefficient (Wildman–Crippen LogP) is 32.6. The number of nitrogens with zero attached hydrogens (tertiary/aromatic N) is 5. The average molecular weight is 2050 g/mol. The summed E-state index contributed by atoms with van der Waals surface area (Å²) in [6.07, 6.45) is 0. The van der Waals surface area contributed by atoms with Crippen molar-refractivity contribution in [2.45, 2.75) is 188 Å². The van der Waals surface area contributed by atoms with Gasteiger partial charge in [0.05, 0.1) is 79.6 Å². The van der Waals surface area contributed by atoms with Crippen molar-refractivity contribution in [3.05, 3.63) is 464 Å². The Labute approximate surface area is 878 Å². The maximum Gasteiger partial charge on any atom is 0.246 e. The van der Waals surface area contributed by atoms with Crippen molar-refractivity contribution in [1.29, 1.82) is 0 Å². The van der Waals surface area contributed by atoms with Crippen LogP contribution in [0.25, 0.3) is 0 Å². The normalized spacial score (nSPS) is 18.7. The number of hydrogen-bond donors (Lipinski definition) is 1. The van der Waals surface area contributed by atoms with Crippen molar-refractivity contribution in [2.24, 2.45) is 0 Å². The van der Waals surface area contributed by atoms with Gasteiger partial charge >= 0.3 is 0 Å². The first kappa shape index (κ1) is 105. The number of halogens is 9. The second-order valence-electron chi connectivity index (χ2n) is 42.2. The Bertz CT molecular complexity index is 7500. The monoisotopic (exact) mass is 2050 g/mol. The second-order valence-corrected chi connectivity index (χ2v) is 44.4. The highest BCUT2D eigenvalue weighted by Crippen LogP contribution is 2.58. The molecule has 0 saturated heterocycles. The molecule has 0 aliphatic carbocycles. The van der Waals surface area contributed by atoms with Crippen molar-refractivity contribution < 1.29 is 51.4 Å². The smallest absolute Gasteiger partial charge is 0.246 e. The molecule has 5 aliphatic rings. The van der Waals surface area contributed by atoms with Gasteiger partial charge < -0.3 is 9.84 Å². The standard InChI is InChI=1S/2C26H25ClFNO.C25H23ClFNO.C25H24ClNO2.C23H19ClFNO2/c1-16-6-12-23(21(28)14-16)29-22-13-11-19(27)15-20(22)26(5,24(29)30)18-9-7-17(8-10-18)25(2,3)4;1-16-7-6-8-22(23(16)28)29-21-14-13-19(27)15-20(21)26(5,24(29)30)18-11-9-17(10-12-18)25(2,3)4;1-16-6-5-7-20(14-16)28-22-13-12-19(26)15-21(22)25(4,23(28)29)18-10-8-17(9-11-18)24(2,3)27;1-16-6-5-7-20(14-16)27-22-13-12-19(26)15-21(22)25(4,23(27)28)18-10-8-17(9-11-18)24(2,3)29;1-14-5-4-6-17(11-14)26-20-9-8-16(24)13-18(20)23(2,22(26)27)15-7-10-21(28-3)19(25)12-15/h2*6-15H,1-5H3;5-15H,1-4H3;5-15,29H,1-4H3;4-13H,1-3H3. The molecule has 0 aromatic heterocycles. The molecular weight excluding hydrogens is 1940 g/mol. The maximum absolute atomic E-state index is 15.0. The first-order valence-electron chi connectivity index (χ1n) is 48.3. The van der Waals surface area contributed by atoms with Crippen molar-refractivity contribution in [2.75, 3.05) is 31.6 Å². The van der Waals surface area contributed by atoms with Crippen LogP contribution in [0.15, 0.2) is 315 Å². The summed E-state index contributed by atoms with van der Waals surface area (Å²) < 4.78 is 63.7. The van der Waals surface area contributed by atoms with Gasteiger partial charge in [-0.1, -0.05) is 257 Å². The summed E-state index contributed by atoms with van der Waals surface area (Å²) in [7, 11) is 1.41. The van der Waals surface area contributed by atoms with E-state index in [0.29, 0.717) is 53.2 Å². The zero-order chi connectivity index (χ0) is 106. The molecule has 5 heterocycles. The molecule has 12 nitrogen and oxygen atoms in total. The largest absolute Gasteiger partial charge is 0.494 e. The van der Waals surface area contributed by atoms with Crippen LogP contribution in [0.5, 0.6) is 5.75 Å². The number of alkyl halides is 1. The Kier molecular flexibility index (Phi) is 28.7. The van der Waals surface area contributed by atoms with Gasteiger partial charge in [-0.15, -0.1) is 0 Å². The fourth-order valence-electron chi connectivity index (χ4n) is 20.3. The minimum absolute atomic E-state index is 0.0110. The van der Waals surface area contributed by atoms with Gasteiger partial charge in [0.2, 0.25) is 29.5 Å². The molecule has 746 valence electrons. The van der Waals surface area contributed by atoms with Gasteiger partial charge in [-0.3, -0.25) is 48.5 Å². The Morgan fingerprint density at radius 3 is 0.849 bits per heavy atom. The van der Waals surface area contributed by atoms with Crippen molar-refractivity contribution in [1.82, 2.24) is 0 Å². The number of methoxy groups -OCH3 is 1. The van der Waals surface area contributed by atoms with Crippen LogP contribution >= 0.6 is 58.0 Å². The Morgan fingerprint density at radius 2 is 0.555 bits per heavy atom. The number of benzene rings is 15. The molecule has 0 radical (unpaired) electrons. The summed E-state index contributed by atoms with van der Waals surface area (Å²) in [4.78, 5) is 77.2. The zero-order valence-corrected chi connectivity index (χ0v) is 89.3. The highest BCUT2D eigenvalue weighted by molar-refractivity contribution is 6.33. The summed E-state index contributed by atoms with van der Waals surface area (Å²) in [5, 5.41) is 13.1.